The smallest absolute Gasteiger partial charge is 0.156 e. The van der Waals surface area contributed by atoms with Gasteiger partial charge in [0.15, 0.2) is 9.84 Å². The molecule has 0 aliphatic rings. The van der Waals surface area contributed by atoms with Crippen LogP contribution in [-0.4, -0.2) is 32.6 Å². The van der Waals surface area contributed by atoms with Crippen LogP contribution in [0.1, 0.15) is 31.9 Å². The number of hydrogen-bond donors (Lipinski definition) is 1. The molecule has 20 heavy (non-hydrogen) atoms. The van der Waals surface area contributed by atoms with Crippen LogP contribution in [0.25, 0.3) is 0 Å². The van der Waals surface area contributed by atoms with Gasteiger partial charge < -0.3 is 10.1 Å². The number of nitrogens with one attached hydrogen (secondary N) is 1. The van der Waals surface area contributed by atoms with E-state index in [1.165, 1.54) is 0 Å². The average Bonchev–Trinajstić information content (AvgIpc) is 2.35. The highest BCUT2D eigenvalue weighted by Crippen LogP contribution is 2.19. The molecule has 114 valence electrons. The zero-order chi connectivity index (χ0) is 15.4. The summed E-state index contributed by atoms with van der Waals surface area (Å²) in [5.74, 6) is 1.01. The van der Waals surface area contributed by atoms with Gasteiger partial charge in [0.25, 0.3) is 0 Å². The Morgan fingerprint density at radius 2 is 1.90 bits per heavy atom. The van der Waals surface area contributed by atoms with Crippen molar-refractivity contribution in [3.8, 4) is 5.75 Å². The Kier molecular flexibility index (Phi) is 5.59. The number of sulfone groups is 1. The highest BCUT2D eigenvalue weighted by atomic mass is 32.2. The lowest BCUT2D eigenvalue weighted by atomic mass is 10.1. The molecule has 0 fully saturated rings. The van der Waals surface area contributed by atoms with Gasteiger partial charge in [0, 0.05) is 13.1 Å². The van der Waals surface area contributed by atoms with Crippen LogP contribution < -0.4 is 10.1 Å². The molecule has 0 heterocycles. The van der Waals surface area contributed by atoms with Crippen molar-refractivity contribution in [2.45, 2.75) is 39.0 Å². The maximum Gasteiger partial charge on any atom is 0.156 e. The van der Waals surface area contributed by atoms with Crippen LogP contribution in [0, 0.1) is 6.92 Å². The van der Waals surface area contributed by atoms with Crippen LogP contribution in [0.15, 0.2) is 18.2 Å². The molecule has 1 rings (SSSR count). The summed E-state index contributed by atoms with van der Waals surface area (Å²) in [4.78, 5) is 0. The highest BCUT2D eigenvalue weighted by Gasteiger charge is 2.27. The molecular weight excluding hydrogens is 274 g/mol. The fourth-order valence-electron chi connectivity index (χ4n) is 1.72. The Labute approximate surface area is 122 Å². The Morgan fingerprint density at radius 3 is 2.45 bits per heavy atom. The van der Waals surface area contributed by atoms with Crippen LogP contribution in [0.2, 0.25) is 0 Å². The van der Waals surface area contributed by atoms with E-state index >= 15 is 0 Å². The molecule has 0 amide bonds. The van der Waals surface area contributed by atoms with Crippen molar-refractivity contribution in [3.63, 3.8) is 0 Å². The topological polar surface area (TPSA) is 55.4 Å². The van der Waals surface area contributed by atoms with Crippen LogP contribution >= 0.6 is 0 Å². The van der Waals surface area contributed by atoms with Crippen molar-refractivity contribution in [2.24, 2.45) is 0 Å². The van der Waals surface area contributed by atoms with E-state index in [1.807, 2.05) is 25.1 Å². The molecule has 0 aromatic heterocycles. The van der Waals surface area contributed by atoms with Crippen LogP contribution in [-0.2, 0) is 16.4 Å². The van der Waals surface area contributed by atoms with Gasteiger partial charge in [-0.2, -0.15) is 0 Å². The fraction of sp³-hybridized carbons (Fsp3) is 0.600. The SMILES string of the molecule is COc1cc(CNCCS(=O)(=O)C(C)(C)C)ccc1C. The summed E-state index contributed by atoms with van der Waals surface area (Å²) in [5, 5.41) is 3.17. The number of aryl methyl sites for hydroxylation is 1. The molecule has 1 N–H and O–H groups in total. The van der Waals surface area contributed by atoms with E-state index in [4.69, 9.17) is 4.74 Å². The molecular formula is C15H25NO3S. The summed E-state index contributed by atoms with van der Waals surface area (Å²) in [6.45, 7) is 8.27. The van der Waals surface area contributed by atoms with Gasteiger partial charge in [0.1, 0.15) is 5.75 Å². The third-order valence-electron chi connectivity index (χ3n) is 3.28. The summed E-state index contributed by atoms with van der Waals surface area (Å²) < 4.78 is 28.5. The number of methoxy groups -OCH3 is 1. The fourth-order valence-corrected chi connectivity index (χ4v) is 2.75. The van der Waals surface area contributed by atoms with Crippen molar-refractivity contribution in [1.82, 2.24) is 5.32 Å². The molecule has 4 nitrogen and oxygen atoms in total. The summed E-state index contributed by atoms with van der Waals surface area (Å²) >= 11 is 0. The van der Waals surface area contributed by atoms with Crippen molar-refractivity contribution in [1.29, 1.82) is 0 Å². The predicted molar refractivity (Wildman–Crippen MR) is 83.0 cm³/mol. The van der Waals surface area contributed by atoms with Crippen molar-refractivity contribution in [2.75, 3.05) is 19.4 Å². The number of rotatable bonds is 6. The Morgan fingerprint density at radius 1 is 1.25 bits per heavy atom. The predicted octanol–water partition coefficient (Wildman–Crippen LogP) is 2.31. The van der Waals surface area contributed by atoms with Crippen molar-refractivity contribution in [3.05, 3.63) is 29.3 Å². The minimum Gasteiger partial charge on any atom is -0.496 e. The first-order chi connectivity index (χ1) is 9.17. The van der Waals surface area contributed by atoms with Crippen molar-refractivity contribution < 1.29 is 13.2 Å². The second kappa shape index (κ2) is 6.59. The molecule has 0 aliphatic heterocycles. The lowest BCUT2D eigenvalue weighted by Gasteiger charge is -2.19. The quantitative estimate of drug-likeness (QED) is 0.819. The first-order valence-electron chi connectivity index (χ1n) is 6.74. The Bertz CT molecular complexity index is 545. The number of ether oxygens (including phenoxy) is 1. The van der Waals surface area contributed by atoms with Gasteiger partial charge in [-0.15, -0.1) is 0 Å². The lowest BCUT2D eigenvalue weighted by molar-refractivity contribution is 0.411. The molecule has 0 saturated heterocycles. The van der Waals surface area contributed by atoms with E-state index in [2.05, 4.69) is 5.32 Å². The van der Waals surface area contributed by atoms with Gasteiger partial charge in [-0.3, -0.25) is 0 Å². The van der Waals surface area contributed by atoms with E-state index in [0.717, 1.165) is 16.9 Å². The van der Waals surface area contributed by atoms with Crippen molar-refractivity contribution >= 4 is 9.84 Å². The maximum absolute atomic E-state index is 11.9. The largest absolute Gasteiger partial charge is 0.496 e. The number of hydrogen-bond acceptors (Lipinski definition) is 4. The first-order valence-corrected chi connectivity index (χ1v) is 8.39. The molecule has 1 aromatic rings. The van der Waals surface area contributed by atoms with Crippen LogP contribution in [0.5, 0.6) is 5.75 Å². The van der Waals surface area contributed by atoms with Gasteiger partial charge in [-0.05, 0) is 44.9 Å². The van der Waals surface area contributed by atoms with E-state index in [0.29, 0.717) is 13.1 Å². The van der Waals surface area contributed by atoms with E-state index < -0.39 is 14.6 Å². The molecule has 0 atom stereocenters. The standard InChI is InChI=1S/C15H25NO3S/c1-12-6-7-13(10-14(12)19-5)11-16-8-9-20(17,18)15(2,3)4/h6-7,10,16H,8-9,11H2,1-5H3. The Balaban J connectivity index is 2.50. The van der Waals surface area contributed by atoms with Crippen LogP contribution in [0.4, 0.5) is 0 Å². The van der Waals surface area contributed by atoms with E-state index in [9.17, 15) is 8.42 Å². The normalized spacial score (nSPS) is 12.4. The first kappa shape index (κ1) is 17.0. The second-order valence-electron chi connectivity index (χ2n) is 5.91. The molecule has 0 unspecified atom stereocenters. The summed E-state index contributed by atoms with van der Waals surface area (Å²) in [6, 6.07) is 5.99. The van der Waals surface area contributed by atoms with Gasteiger partial charge in [0.05, 0.1) is 17.6 Å². The maximum atomic E-state index is 11.9. The molecule has 0 bridgehead atoms. The summed E-state index contributed by atoms with van der Waals surface area (Å²) in [5.41, 5.74) is 2.17. The zero-order valence-corrected chi connectivity index (χ0v) is 13.8. The minimum absolute atomic E-state index is 0.152. The molecule has 0 spiro atoms. The van der Waals surface area contributed by atoms with Gasteiger partial charge in [-0.1, -0.05) is 12.1 Å². The van der Waals surface area contributed by atoms with Gasteiger partial charge in [-0.25, -0.2) is 8.42 Å². The second-order valence-corrected chi connectivity index (χ2v) is 8.77. The highest BCUT2D eigenvalue weighted by molar-refractivity contribution is 7.92. The molecule has 1 aromatic carbocycles. The lowest BCUT2D eigenvalue weighted by Crippen LogP contribution is -2.34. The zero-order valence-electron chi connectivity index (χ0n) is 13.0. The monoisotopic (exact) mass is 299 g/mol. The van der Waals surface area contributed by atoms with E-state index in [1.54, 1.807) is 27.9 Å². The molecule has 0 aliphatic carbocycles. The van der Waals surface area contributed by atoms with Gasteiger partial charge in [0.2, 0.25) is 0 Å². The third-order valence-corrected chi connectivity index (χ3v) is 5.89. The summed E-state index contributed by atoms with van der Waals surface area (Å²) in [7, 11) is -1.41. The molecule has 0 radical (unpaired) electrons. The van der Waals surface area contributed by atoms with Gasteiger partial charge >= 0.3 is 0 Å². The average molecular weight is 299 g/mol. The summed E-state index contributed by atoms with van der Waals surface area (Å²) in [6.07, 6.45) is 0. The van der Waals surface area contributed by atoms with Crippen LogP contribution in [0.3, 0.4) is 0 Å². The minimum atomic E-state index is -3.06. The molecule has 0 saturated carbocycles. The Hall–Kier alpha value is -1.07. The third kappa shape index (κ3) is 4.49. The molecule has 5 heteroatoms. The van der Waals surface area contributed by atoms with E-state index in [-0.39, 0.29) is 5.75 Å². The number of benzene rings is 1.